The molecule has 0 fully saturated rings. The SMILES string of the molecule is CS(=O)(=O)CC(C(=O)NCC#N)c1ccc(OC(F)(F)F)c(O)c1C(=S)NC(N)=O. The predicted octanol–water partition coefficient (Wildman–Crippen LogP) is 0.403. The van der Waals surface area contributed by atoms with Crippen molar-refractivity contribution in [3.63, 3.8) is 0 Å². The van der Waals surface area contributed by atoms with Gasteiger partial charge in [-0.1, -0.05) is 18.3 Å². The average Bonchev–Trinajstić information content (AvgIpc) is 2.56. The lowest BCUT2D eigenvalue weighted by atomic mass is 9.93. The third-order valence-electron chi connectivity index (χ3n) is 3.37. The molecule has 1 unspecified atom stereocenters. The predicted molar refractivity (Wildman–Crippen MR) is 100 cm³/mol. The minimum absolute atomic E-state index is 0.346. The van der Waals surface area contributed by atoms with Crippen LogP contribution in [0.4, 0.5) is 18.0 Å². The number of ether oxygens (including phenoxy) is 1. The van der Waals surface area contributed by atoms with Gasteiger partial charge in [0, 0.05) is 6.26 Å². The van der Waals surface area contributed by atoms with Gasteiger partial charge in [0.1, 0.15) is 21.4 Å². The molecule has 0 saturated carbocycles. The summed E-state index contributed by atoms with van der Waals surface area (Å²) in [6.45, 7) is -0.500. The maximum atomic E-state index is 12.6. The summed E-state index contributed by atoms with van der Waals surface area (Å²) >= 11 is 4.87. The number of carbonyl (C=O) groups is 2. The molecule has 0 radical (unpaired) electrons. The molecule has 0 spiro atoms. The first-order valence-electron chi connectivity index (χ1n) is 7.71. The fraction of sp³-hybridized carbons (Fsp3) is 0.333. The molecule has 1 aromatic carbocycles. The Morgan fingerprint density at radius 1 is 1.40 bits per heavy atom. The molecule has 1 atom stereocenters. The second-order valence-electron chi connectivity index (χ2n) is 5.76. The smallest absolute Gasteiger partial charge is 0.504 e. The number of nitrogens with zero attached hydrogens (tertiary/aromatic N) is 1. The largest absolute Gasteiger partial charge is 0.573 e. The van der Waals surface area contributed by atoms with Crippen molar-refractivity contribution in [2.75, 3.05) is 18.6 Å². The van der Waals surface area contributed by atoms with E-state index in [9.17, 15) is 36.3 Å². The van der Waals surface area contributed by atoms with Crippen LogP contribution in [0.2, 0.25) is 0 Å². The lowest BCUT2D eigenvalue weighted by Crippen LogP contribution is -2.37. The van der Waals surface area contributed by atoms with Crippen LogP contribution in [0.25, 0.3) is 0 Å². The van der Waals surface area contributed by atoms with E-state index in [0.29, 0.717) is 6.07 Å². The van der Waals surface area contributed by atoms with Crippen LogP contribution in [0, 0.1) is 11.3 Å². The van der Waals surface area contributed by atoms with E-state index in [1.165, 1.54) is 0 Å². The summed E-state index contributed by atoms with van der Waals surface area (Å²) in [5, 5.41) is 22.9. The Bertz CT molecular complexity index is 1000. The molecule has 164 valence electrons. The number of benzene rings is 1. The van der Waals surface area contributed by atoms with Gasteiger partial charge in [0.2, 0.25) is 5.91 Å². The summed E-state index contributed by atoms with van der Waals surface area (Å²) < 4.78 is 65.0. The zero-order valence-electron chi connectivity index (χ0n) is 15.1. The van der Waals surface area contributed by atoms with Gasteiger partial charge in [-0.3, -0.25) is 10.1 Å². The number of aromatic hydroxyl groups is 1. The van der Waals surface area contributed by atoms with Crippen molar-refractivity contribution in [2.24, 2.45) is 5.73 Å². The lowest BCUT2D eigenvalue weighted by molar-refractivity contribution is -0.275. The van der Waals surface area contributed by atoms with Crippen LogP contribution in [0.3, 0.4) is 0 Å². The van der Waals surface area contributed by atoms with Crippen LogP contribution >= 0.6 is 12.2 Å². The Labute approximate surface area is 173 Å². The third kappa shape index (κ3) is 7.37. The van der Waals surface area contributed by atoms with E-state index in [1.54, 1.807) is 6.07 Å². The molecule has 0 aliphatic rings. The summed E-state index contributed by atoms with van der Waals surface area (Å²) in [6, 6.07) is 1.88. The van der Waals surface area contributed by atoms with E-state index in [4.69, 9.17) is 23.2 Å². The zero-order valence-corrected chi connectivity index (χ0v) is 16.7. The van der Waals surface area contributed by atoms with Crippen molar-refractivity contribution in [3.05, 3.63) is 23.3 Å². The number of alkyl halides is 3. The minimum atomic E-state index is -5.20. The van der Waals surface area contributed by atoms with Crippen LogP contribution in [0.5, 0.6) is 11.5 Å². The molecule has 0 bridgehead atoms. The Morgan fingerprint density at radius 3 is 2.47 bits per heavy atom. The standard InChI is InChI=1S/C15H15F3N4O6S2/c1-30(26,27)6-8(12(24)21-5-4-19)7-2-3-9(28-15(16,17)18)11(23)10(7)13(29)22-14(20)25/h2-3,8,23H,5-6H2,1H3,(H,21,24)(H3,20,22,25,29). The Balaban J connectivity index is 3.70. The first kappa shape index (κ1) is 24.9. The van der Waals surface area contributed by atoms with Gasteiger partial charge in [-0.15, -0.1) is 13.2 Å². The Hall–Kier alpha value is -3.12. The van der Waals surface area contributed by atoms with Gasteiger partial charge in [-0.25, -0.2) is 13.2 Å². The van der Waals surface area contributed by atoms with E-state index in [2.05, 4.69) is 10.1 Å². The summed E-state index contributed by atoms with van der Waals surface area (Å²) in [7, 11) is -3.85. The molecular weight excluding hydrogens is 453 g/mol. The first-order chi connectivity index (χ1) is 13.7. The maximum absolute atomic E-state index is 12.6. The number of amides is 3. The average molecular weight is 468 g/mol. The van der Waals surface area contributed by atoms with Crippen LogP contribution in [0.15, 0.2) is 12.1 Å². The van der Waals surface area contributed by atoms with Crippen LogP contribution in [0.1, 0.15) is 17.0 Å². The van der Waals surface area contributed by atoms with Crippen molar-refractivity contribution in [1.82, 2.24) is 10.6 Å². The highest BCUT2D eigenvalue weighted by Gasteiger charge is 2.35. The summed E-state index contributed by atoms with van der Waals surface area (Å²) in [5.74, 6) is -5.79. The quantitative estimate of drug-likeness (QED) is 0.329. The highest BCUT2D eigenvalue weighted by molar-refractivity contribution is 7.90. The molecule has 0 saturated heterocycles. The van der Waals surface area contributed by atoms with Gasteiger partial charge in [0.15, 0.2) is 11.5 Å². The van der Waals surface area contributed by atoms with E-state index in [-0.39, 0.29) is 5.56 Å². The van der Waals surface area contributed by atoms with Gasteiger partial charge >= 0.3 is 12.4 Å². The van der Waals surface area contributed by atoms with E-state index in [1.807, 2.05) is 5.32 Å². The maximum Gasteiger partial charge on any atom is 0.573 e. The molecule has 0 aromatic heterocycles. The molecule has 5 N–H and O–H groups in total. The van der Waals surface area contributed by atoms with Gasteiger partial charge in [0.25, 0.3) is 0 Å². The van der Waals surface area contributed by atoms with Crippen molar-refractivity contribution in [3.8, 4) is 17.6 Å². The summed E-state index contributed by atoms with van der Waals surface area (Å²) in [5.41, 5.74) is 3.91. The molecule has 1 rings (SSSR count). The highest BCUT2D eigenvalue weighted by atomic mass is 32.2. The normalized spacial score (nSPS) is 12.4. The fourth-order valence-corrected chi connectivity index (χ4v) is 3.61. The molecule has 15 heteroatoms. The third-order valence-corrected chi connectivity index (χ3v) is 4.61. The van der Waals surface area contributed by atoms with Gasteiger partial charge in [-0.05, 0) is 11.6 Å². The molecule has 0 aliphatic heterocycles. The molecule has 1 aromatic rings. The Morgan fingerprint density at radius 2 is 2.00 bits per heavy atom. The van der Waals surface area contributed by atoms with Crippen molar-refractivity contribution >= 4 is 39.0 Å². The molecule has 0 heterocycles. The van der Waals surface area contributed by atoms with Gasteiger partial charge in [0.05, 0.1) is 23.3 Å². The number of primary amides is 1. The number of carbonyl (C=O) groups excluding carboxylic acids is 2. The zero-order chi connectivity index (χ0) is 23.3. The number of nitrogens with two attached hydrogens (primary N) is 1. The Kier molecular flexibility index (Phi) is 7.96. The van der Waals surface area contributed by atoms with Crippen molar-refractivity contribution in [2.45, 2.75) is 12.3 Å². The number of phenolic OH excluding ortho intramolecular Hbond substituents is 1. The molecule has 10 nitrogen and oxygen atoms in total. The van der Waals surface area contributed by atoms with Crippen LogP contribution in [-0.4, -0.2) is 55.4 Å². The number of halogens is 3. The van der Waals surface area contributed by atoms with Crippen LogP contribution < -0.4 is 21.1 Å². The van der Waals surface area contributed by atoms with E-state index >= 15 is 0 Å². The lowest BCUT2D eigenvalue weighted by Gasteiger charge is -2.22. The second kappa shape index (κ2) is 9.59. The number of nitriles is 1. The number of rotatable bonds is 7. The number of sulfone groups is 1. The monoisotopic (exact) mass is 468 g/mol. The number of phenols is 1. The number of hydrogen-bond acceptors (Lipinski definition) is 8. The number of nitrogens with one attached hydrogen (secondary N) is 2. The minimum Gasteiger partial charge on any atom is -0.504 e. The molecular formula is C15H15F3N4O6S2. The van der Waals surface area contributed by atoms with E-state index in [0.717, 1.165) is 12.3 Å². The van der Waals surface area contributed by atoms with Crippen LogP contribution in [-0.2, 0) is 14.6 Å². The van der Waals surface area contributed by atoms with Gasteiger partial charge < -0.3 is 20.9 Å². The van der Waals surface area contributed by atoms with E-state index < -0.39 is 68.4 Å². The van der Waals surface area contributed by atoms with Crippen molar-refractivity contribution < 1.29 is 41.0 Å². The first-order valence-corrected chi connectivity index (χ1v) is 10.2. The molecule has 30 heavy (non-hydrogen) atoms. The van der Waals surface area contributed by atoms with Gasteiger partial charge in [-0.2, -0.15) is 5.26 Å². The molecule has 0 aliphatic carbocycles. The topological polar surface area (TPSA) is 172 Å². The number of thiocarbonyl (C=S) groups is 1. The van der Waals surface area contributed by atoms with Crippen molar-refractivity contribution in [1.29, 1.82) is 5.26 Å². The second-order valence-corrected chi connectivity index (χ2v) is 8.36. The summed E-state index contributed by atoms with van der Waals surface area (Å²) in [4.78, 5) is 22.9. The summed E-state index contributed by atoms with van der Waals surface area (Å²) in [6.07, 6.45) is -4.41. The fourth-order valence-electron chi connectivity index (χ4n) is 2.36. The highest BCUT2D eigenvalue weighted by Crippen LogP contribution is 2.39. The number of hydrogen-bond donors (Lipinski definition) is 4. The molecule has 3 amide bonds. The number of urea groups is 1.